The molecule has 0 atom stereocenters. The zero-order valence-electron chi connectivity index (χ0n) is 10.6. The number of hydrogen-bond acceptors (Lipinski definition) is 4. The fourth-order valence-corrected chi connectivity index (χ4v) is 2.52. The number of benzene rings is 1. The fraction of sp³-hybridized carbons (Fsp3) is 0.286. The Morgan fingerprint density at radius 3 is 2.79 bits per heavy atom. The van der Waals surface area contributed by atoms with Crippen molar-refractivity contribution < 1.29 is 4.79 Å². The van der Waals surface area contributed by atoms with Crippen molar-refractivity contribution in [3.8, 4) is 0 Å². The number of amides is 1. The van der Waals surface area contributed by atoms with Gasteiger partial charge in [0, 0.05) is 11.9 Å². The van der Waals surface area contributed by atoms with Crippen molar-refractivity contribution in [1.82, 2.24) is 10.3 Å². The van der Waals surface area contributed by atoms with Crippen LogP contribution in [0.15, 0.2) is 35.7 Å². The largest absolute Gasteiger partial charge is 0.364 e. The second-order valence-corrected chi connectivity index (χ2v) is 5.20. The number of thiazole rings is 1. The van der Waals surface area contributed by atoms with Crippen molar-refractivity contribution in [2.24, 2.45) is 5.73 Å². The summed E-state index contributed by atoms with van der Waals surface area (Å²) in [6, 6.07) is 10.4. The van der Waals surface area contributed by atoms with Crippen LogP contribution in [-0.4, -0.2) is 17.4 Å². The number of aromatic nitrogens is 1. The highest BCUT2D eigenvalue weighted by Gasteiger charge is 2.05. The van der Waals surface area contributed by atoms with Gasteiger partial charge in [-0.2, -0.15) is 0 Å². The molecule has 2 aromatic rings. The second kappa shape index (κ2) is 7.01. The van der Waals surface area contributed by atoms with Crippen molar-refractivity contribution in [2.45, 2.75) is 19.4 Å². The molecule has 3 N–H and O–H groups in total. The normalized spacial score (nSPS) is 10.5. The molecule has 0 saturated carbocycles. The predicted molar refractivity (Wildman–Crippen MR) is 77.1 cm³/mol. The minimum Gasteiger partial charge on any atom is -0.364 e. The maximum absolute atomic E-state index is 10.9. The minimum absolute atomic E-state index is 0.353. The van der Waals surface area contributed by atoms with Crippen LogP contribution in [0.3, 0.4) is 0 Å². The minimum atomic E-state index is -0.466. The lowest BCUT2D eigenvalue weighted by Gasteiger charge is -2.03. The molecule has 0 aliphatic heterocycles. The first kappa shape index (κ1) is 13.7. The Labute approximate surface area is 116 Å². The average molecular weight is 275 g/mol. The maximum Gasteiger partial charge on any atom is 0.268 e. The Morgan fingerprint density at radius 1 is 1.32 bits per heavy atom. The Morgan fingerprint density at radius 2 is 2.11 bits per heavy atom. The molecule has 1 amide bonds. The molecule has 19 heavy (non-hydrogen) atoms. The second-order valence-electron chi connectivity index (χ2n) is 4.26. The highest BCUT2D eigenvalue weighted by molar-refractivity contribution is 7.09. The van der Waals surface area contributed by atoms with E-state index in [0.717, 1.165) is 24.4 Å². The summed E-state index contributed by atoms with van der Waals surface area (Å²) in [6.45, 7) is 1.62. The molecule has 1 heterocycles. The van der Waals surface area contributed by atoms with Gasteiger partial charge in [-0.15, -0.1) is 11.3 Å². The van der Waals surface area contributed by atoms with E-state index in [2.05, 4.69) is 34.6 Å². The van der Waals surface area contributed by atoms with Crippen LogP contribution in [0.5, 0.6) is 0 Å². The molecule has 5 heteroatoms. The predicted octanol–water partition coefficient (Wildman–Crippen LogP) is 1.96. The van der Waals surface area contributed by atoms with E-state index in [1.807, 2.05) is 6.07 Å². The zero-order valence-corrected chi connectivity index (χ0v) is 11.5. The smallest absolute Gasteiger partial charge is 0.268 e. The van der Waals surface area contributed by atoms with Gasteiger partial charge in [-0.25, -0.2) is 4.98 Å². The number of primary amides is 1. The van der Waals surface area contributed by atoms with Gasteiger partial charge in [0.15, 0.2) is 0 Å². The summed E-state index contributed by atoms with van der Waals surface area (Å²) in [7, 11) is 0. The van der Waals surface area contributed by atoms with Crippen LogP contribution in [0.4, 0.5) is 0 Å². The first-order chi connectivity index (χ1) is 9.25. The summed E-state index contributed by atoms with van der Waals surface area (Å²) < 4.78 is 0. The molecule has 0 spiro atoms. The summed E-state index contributed by atoms with van der Waals surface area (Å²) in [5.74, 6) is -0.466. The number of rotatable bonds is 7. The summed E-state index contributed by atoms with van der Waals surface area (Å²) in [4.78, 5) is 15.0. The molecule has 1 aromatic heterocycles. The van der Waals surface area contributed by atoms with Gasteiger partial charge >= 0.3 is 0 Å². The van der Waals surface area contributed by atoms with Gasteiger partial charge < -0.3 is 11.1 Å². The van der Waals surface area contributed by atoms with Crippen molar-refractivity contribution in [3.05, 3.63) is 52.0 Å². The highest BCUT2D eigenvalue weighted by Crippen LogP contribution is 2.08. The van der Waals surface area contributed by atoms with Crippen LogP contribution >= 0.6 is 11.3 Å². The molecular formula is C14H17N3OS. The van der Waals surface area contributed by atoms with E-state index in [0.29, 0.717) is 12.2 Å². The summed E-state index contributed by atoms with van der Waals surface area (Å²) in [5.41, 5.74) is 6.86. The third kappa shape index (κ3) is 4.46. The third-order valence-corrected chi connectivity index (χ3v) is 3.59. The Bertz CT molecular complexity index is 524. The van der Waals surface area contributed by atoms with Crippen LogP contribution in [0.2, 0.25) is 0 Å². The number of nitrogens with zero attached hydrogens (tertiary/aromatic N) is 1. The molecule has 0 radical (unpaired) electrons. The Balaban J connectivity index is 1.65. The number of nitrogens with two attached hydrogens (primary N) is 1. The molecule has 0 unspecified atom stereocenters. The SMILES string of the molecule is NC(=O)c1csc(CNCCCc2ccccc2)n1. The fourth-order valence-electron chi connectivity index (χ4n) is 1.76. The van der Waals surface area contributed by atoms with Crippen molar-refractivity contribution in [2.75, 3.05) is 6.54 Å². The number of carbonyl (C=O) groups is 1. The lowest BCUT2D eigenvalue weighted by atomic mass is 10.1. The molecule has 2 rings (SSSR count). The molecular weight excluding hydrogens is 258 g/mol. The van der Waals surface area contributed by atoms with Gasteiger partial charge in [0.25, 0.3) is 5.91 Å². The van der Waals surface area contributed by atoms with E-state index < -0.39 is 5.91 Å². The topological polar surface area (TPSA) is 68.0 Å². The average Bonchev–Trinajstić information content (AvgIpc) is 2.89. The van der Waals surface area contributed by atoms with Crippen LogP contribution in [-0.2, 0) is 13.0 Å². The van der Waals surface area contributed by atoms with Crippen molar-refractivity contribution >= 4 is 17.2 Å². The highest BCUT2D eigenvalue weighted by atomic mass is 32.1. The number of aryl methyl sites for hydroxylation is 1. The first-order valence-corrected chi connectivity index (χ1v) is 7.12. The number of carbonyl (C=O) groups excluding carboxylic acids is 1. The van der Waals surface area contributed by atoms with Gasteiger partial charge in [0.1, 0.15) is 10.7 Å². The van der Waals surface area contributed by atoms with Crippen molar-refractivity contribution in [1.29, 1.82) is 0 Å². The lowest BCUT2D eigenvalue weighted by Crippen LogP contribution is -2.16. The van der Waals surface area contributed by atoms with E-state index in [9.17, 15) is 4.79 Å². The van der Waals surface area contributed by atoms with Crippen LogP contribution in [0, 0.1) is 0 Å². The quantitative estimate of drug-likeness (QED) is 0.759. The van der Waals surface area contributed by atoms with E-state index in [-0.39, 0.29) is 0 Å². The van der Waals surface area contributed by atoms with Crippen LogP contribution < -0.4 is 11.1 Å². The molecule has 0 bridgehead atoms. The number of hydrogen-bond donors (Lipinski definition) is 2. The Kier molecular flexibility index (Phi) is 5.06. The van der Waals surface area contributed by atoms with Gasteiger partial charge in [0.2, 0.25) is 0 Å². The Hall–Kier alpha value is -1.72. The molecule has 0 aliphatic rings. The molecule has 0 saturated heterocycles. The van der Waals surface area contributed by atoms with E-state index in [4.69, 9.17) is 5.73 Å². The third-order valence-electron chi connectivity index (χ3n) is 2.74. The summed E-state index contributed by atoms with van der Waals surface area (Å²) >= 11 is 1.46. The first-order valence-electron chi connectivity index (χ1n) is 6.24. The molecule has 0 aliphatic carbocycles. The van der Waals surface area contributed by atoms with E-state index in [1.165, 1.54) is 16.9 Å². The molecule has 4 nitrogen and oxygen atoms in total. The standard InChI is InChI=1S/C14H17N3OS/c15-14(18)12-10-19-13(17-12)9-16-8-4-7-11-5-2-1-3-6-11/h1-3,5-6,10,16H,4,7-9H2,(H2,15,18). The van der Waals surface area contributed by atoms with Gasteiger partial charge in [-0.3, -0.25) is 4.79 Å². The monoisotopic (exact) mass is 275 g/mol. The van der Waals surface area contributed by atoms with Crippen LogP contribution in [0.25, 0.3) is 0 Å². The maximum atomic E-state index is 10.9. The van der Waals surface area contributed by atoms with E-state index >= 15 is 0 Å². The zero-order chi connectivity index (χ0) is 13.5. The van der Waals surface area contributed by atoms with Gasteiger partial charge in [-0.1, -0.05) is 30.3 Å². The molecule has 0 fully saturated rings. The molecule has 1 aromatic carbocycles. The van der Waals surface area contributed by atoms with E-state index in [1.54, 1.807) is 5.38 Å². The number of nitrogens with one attached hydrogen (secondary N) is 1. The van der Waals surface area contributed by atoms with Crippen LogP contribution in [0.1, 0.15) is 27.5 Å². The lowest BCUT2D eigenvalue weighted by molar-refractivity contribution is 0.0996. The molecule has 100 valence electrons. The van der Waals surface area contributed by atoms with Gasteiger partial charge in [-0.05, 0) is 24.9 Å². The summed E-state index contributed by atoms with van der Waals surface area (Å²) in [5, 5.41) is 5.91. The summed E-state index contributed by atoms with van der Waals surface area (Å²) in [6.07, 6.45) is 2.15. The van der Waals surface area contributed by atoms with Crippen molar-refractivity contribution in [3.63, 3.8) is 0 Å². The van der Waals surface area contributed by atoms with Gasteiger partial charge in [0.05, 0.1) is 0 Å².